The quantitative estimate of drug-likeness (QED) is 0.448. The maximum absolute atomic E-state index is 9.84. The van der Waals surface area contributed by atoms with Gasteiger partial charge in [0.1, 0.15) is 22.9 Å². The molecule has 5 heteroatoms. The zero-order valence-electron chi connectivity index (χ0n) is 13.6. The highest BCUT2D eigenvalue weighted by atomic mass is 16.5. The number of aliphatic hydroxyl groups excluding tert-OH is 1. The van der Waals surface area contributed by atoms with Gasteiger partial charge in [0, 0.05) is 6.20 Å². The monoisotopic (exact) mass is 324 g/mol. The molecule has 24 heavy (non-hydrogen) atoms. The Balaban J connectivity index is 1.97. The van der Waals surface area contributed by atoms with Gasteiger partial charge in [-0.2, -0.15) is 0 Å². The number of benzene rings is 2. The Morgan fingerprint density at radius 1 is 1.00 bits per heavy atom. The van der Waals surface area contributed by atoms with Crippen molar-refractivity contribution in [3.63, 3.8) is 0 Å². The van der Waals surface area contributed by atoms with Gasteiger partial charge in [0.25, 0.3) is 0 Å². The van der Waals surface area contributed by atoms with Gasteiger partial charge >= 0.3 is 0 Å². The molecular formula is C19H20N2O3. The Hall–Kier alpha value is -3.21. The minimum absolute atomic E-state index is 0.0268. The summed E-state index contributed by atoms with van der Waals surface area (Å²) in [6, 6.07) is 14.9. The molecule has 2 aromatic rings. The number of nitrogens with zero attached hydrogens (tertiary/aromatic N) is 1. The fraction of sp³-hybridized carbons (Fsp3) is 0.105. The van der Waals surface area contributed by atoms with Crippen LogP contribution in [0.15, 0.2) is 77.6 Å². The fourth-order valence-corrected chi connectivity index (χ4v) is 1.96. The zero-order chi connectivity index (χ0) is 17.2. The molecule has 5 nitrogen and oxygen atoms in total. The summed E-state index contributed by atoms with van der Waals surface area (Å²) in [7, 11) is 3.20. The first-order valence-electron chi connectivity index (χ1n) is 7.37. The smallest absolute Gasteiger partial charge is 0.144 e. The molecule has 0 aliphatic rings. The highest BCUT2D eigenvalue weighted by Gasteiger charge is 1.98. The number of aliphatic imine (C=N–C) groups is 1. The van der Waals surface area contributed by atoms with Crippen molar-refractivity contribution in [2.75, 3.05) is 19.5 Å². The zero-order valence-corrected chi connectivity index (χ0v) is 13.6. The number of nitrogens with one attached hydrogen (secondary N) is 1. The Kier molecular flexibility index (Phi) is 6.46. The van der Waals surface area contributed by atoms with Gasteiger partial charge in [0.05, 0.1) is 26.1 Å². The van der Waals surface area contributed by atoms with E-state index in [-0.39, 0.29) is 5.76 Å². The Morgan fingerprint density at radius 2 is 1.67 bits per heavy atom. The molecule has 0 radical (unpaired) electrons. The van der Waals surface area contributed by atoms with Crippen LogP contribution >= 0.6 is 0 Å². The lowest BCUT2D eigenvalue weighted by Gasteiger charge is -2.06. The molecule has 0 saturated heterocycles. The van der Waals surface area contributed by atoms with E-state index in [4.69, 9.17) is 9.47 Å². The van der Waals surface area contributed by atoms with Crippen molar-refractivity contribution in [3.05, 3.63) is 72.6 Å². The minimum Gasteiger partial charge on any atom is -0.506 e. The summed E-state index contributed by atoms with van der Waals surface area (Å²) in [6.07, 6.45) is 6.27. The van der Waals surface area contributed by atoms with Crippen LogP contribution < -0.4 is 14.8 Å². The van der Waals surface area contributed by atoms with Gasteiger partial charge in [0.15, 0.2) is 0 Å². The van der Waals surface area contributed by atoms with Crippen molar-refractivity contribution in [2.24, 2.45) is 4.99 Å². The molecule has 0 aliphatic carbocycles. The number of rotatable bonds is 7. The van der Waals surface area contributed by atoms with Crippen molar-refractivity contribution >= 4 is 17.6 Å². The first-order chi connectivity index (χ1) is 11.7. The Morgan fingerprint density at radius 3 is 2.42 bits per heavy atom. The van der Waals surface area contributed by atoms with E-state index in [2.05, 4.69) is 10.3 Å². The predicted molar refractivity (Wildman–Crippen MR) is 97.6 cm³/mol. The summed E-state index contributed by atoms with van der Waals surface area (Å²) in [5, 5.41) is 12.9. The molecule has 0 heterocycles. The first kappa shape index (κ1) is 17.1. The third-order valence-electron chi connectivity index (χ3n) is 3.13. The summed E-state index contributed by atoms with van der Waals surface area (Å²) in [6.45, 7) is 0. The van der Waals surface area contributed by atoms with E-state index in [1.165, 1.54) is 12.3 Å². The average molecular weight is 324 g/mol. The second-order valence-corrected chi connectivity index (χ2v) is 4.73. The summed E-state index contributed by atoms with van der Waals surface area (Å²) < 4.78 is 10.4. The summed E-state index contributed by atoms with van der Waals surface area (Å²) in [5.74, 6) is 1.42. The maximum Gasteiger partial charge on any atom is 0.144 e. The maximum atomic E-state index is 9.84. The first-order valence-corrected chi connectivity index (χ1v) is 7.37. The third-order valence-corrected chi connectivity index (χ3v) is 3.13. The van der Waals surface area contributed by atoms with Crippen molar-refractivity contribution in [1.29, 1.82) is 0 Å². The predicted octanol–water partition coefficient (Wildman–Crippen LogP) is 4.47. The number of ether oxygens (including phenoxy) is 2. The minimum atomic E-state index is 0.0268. The second kappa shape index (κ2) is 9.05. The summed E-state index contributed by atoms with van der Waals surface area (Å²) in [5.41, 5.74) is 1.49. The van der Waals surface area contributed by atoms with Crippen molar-refractivity contribution < 1.29 is 14.6 Å². The van der Waals surface area contributed by atoms with E-state index >= 15 is 0 Å². The van der Waals surface area contributed by atoms with Crippen LogP contribution in [0, 0.1) is 0 Å². The number of para-hydroxylation sites is 4. The molecule has 0 fully saturated rings. The normalized spacial score (nSPS) is 11.8. The highest BCUT2D eigenvalue weighted by molar-refractivity contribution is 5.79. The fourth-order valence-electron chi connectivity index (χ4n) is 1.96. The van der Waals surface area contributed by atoms with E-state index in [0.717, 1.165) is 11.4 Å². The van der Waals surface area contributed by atoms with Gasteiger partial charge in [0.2, 0.25) is 0 Å². The standard InChI is InChI=1S/C19H20N2O3/c1-23-18-11-5-3-9-16(18)20-13-7-8-15(22)14-21-17-10-4-6-12-19(17)24-2/h3-14,20,22H,1-2H3/b13-7+,15-8-,21-14?. The molecule has 124 valence electrons. The number of hydrogen-bond acceptors (Lipinski definition) is 5. The molecule has 2 rings (SSSR count). The molecule has 0 atom stereocenters. The van der Waals surface area contributed by atoms with Crippen LogP contribution in [-0.4, -0.2) is 25.5 Å². The van der Waals surface area contributed by atoms with E-state index < -0.39 is 0 Å². The molecule has 0 spiro atoms. The van der Waals surface area contributed by atoms with Crippen LogP contribution in [-0.2, 0) is 0 Å². The van der Waals surface area contributed by atoms with Gasteiger partial charge in [-0.3, -0.25) is 0 Å². The Bertz CT molecular complexity index is 752. The lowest BCUT2D eigenvalue weighted by molar-refractivity contribution is 0.416. The number of hydrogen-bond donors (Lipinski definition) is 2. The van der Waals surface area contributed by atoms with Crippen LogP contribution in [0.3, 0.4) is 0 Å². The lowest BCUT2D eigenvalue weighted by Crippen LogP contribution is -1.92. The van der Waals surface area contributed by atoms with Gasteiger partial charge in [-0.15, -0.1) is 0 Å². The topological polar surface area (TPSA) is 63.1 Å². The highest BCUT2D eigenvalue weighted by Crippen LogP contribution is 2.26. The third kappa shape index (κ3) is 4.91. The molecule has 2 aromatic carbocycles. The van der Waals surface area contributed by atoms with Crippen LogP contribution in [0.25, 0.3) is 0 Å². The average Bonchev–Trinajstić information content (AvgIpc) is 2.64. The van der Waals surface area contributed by atoms with Gasteiger partial charge in [-0.1, -0.05) is 24.3 Å². The van der Waals surface area contributed by atoms with Crippen LogP contribution in [0.2, 0.25) is 0 Å². The molecule has 0 bridgehead atoms. The van der Waals surface area contributed by atoms with Gasteiger partial charge in [-0.05, 0) is 36.4 Å². The van der Waals surface area contributed by atoms with Gasteiger partial charge in [-0.25, -0.2) is 4.99 Å². The number of aliphatic hydroxyl groups is 1. The molecule has 2 N–H and O–H groups in total. The summed E-state index contributed by atoms with van der Waals surface area (Å²) in [4.78, 5) is 4.20. The van der Waals surface area contributed by atoms with Crippen molar-refractivity contribution in [2.45, 2.75) is 0 Å². The number of allylic oxidation sites excluding steroid dienone is 3. The molecule has 0 unspecified atom stereocenters. The second-order valence-electron chi connectivity index (χ2n) is 4.73. The number of methoxy groups -OCH3 is 2. The molecule has 0 aliphatic heterocycles. The molecule has 0 amide bonds. The van der Waals surface area contributed by atoms with Crippen molar-refractivity contribution in [3.8, 4) is 11.5 Å². The number of anilines is 1. The Labute approximate surface area is 141 Å². The SMILES string of the molecule is COc1ccccc1N=C/C(O)=C/C=C/Nc1ccccc1OC. The van der Waals surface area contributed by atoms with Crippen LogP contribution in [0.1, 0.15) is 0 Å². The van der Waals surface area contributed by atoms with E-state index in [1.54, 1.807) is 26.5 Å². The molecule has 0 aromatic heterocycles. The molecular weight excluding hydrogens is 304 g/mol. The van der Waals surface area contributed by atoms with E-state index in [1.807, 2.05) is 48.5 Å². The largest absolute Gasteiger partial charge is 0.506 e. The van der Waals surface area contributed by atoms with Gasteiger partial charge < -0.3 is 19.9 Å². The lowest BCUT2D eigenvalue weighted by atomic mass is 10.3. The van der Waals surface area contributed by atoms with Crippen LogP contribution in [0.5, 0.6) is 11.5 Å². The van der Waals surface area contributed by atoms with E-state index in [0.29, 0.717) is 11.4 Å². The van der Waals surface area contributed by atoms with E-state index in [9.17, 15) is 5.11 Å². The summed E-state index contributed by atoms with van der Waals surface area (Å²) >= 11 is 0. The molecule has 0 saturated carbocycles. The van der Waals surface area contributed by atoms with Crippen molar-refractivity contribution in [1.82, 2.24) is 0 Å². The van der Waals surface area contributed by atoms with Crippen LogP contribution in [0.4, 0.5) is 11.4 Å².